The molecule has 5 heteroatoms. The lowest BCUT2D eigenvalue weighted by atomic mass is 9.94. The van der Waals surface area contributed by atoms with Gasteiger partial charge in [0.05, 0.1) is 0 Å². The first-order chi connectivity index (χ1) is 10.2. The number of hydrogen-bond acceptors (Lipinski definition) is 3. The number of nitrogens with one attached hydrogen (secondary N) is 1. The third-order valence-corrected chi connectivity index (χ3v) is 4.63. The average Bonchev–Trinajstić information content (AvgIpc) is 2.53. The fourth-order valence-electron chi connectivity index (χ4n) is 3.40. The van der Waals surface area contributed by atoms with Gasteiger partial charge in [0, 0.05) is 25.4 Å². The zero-order valence-electron chi connectivity index (χ0n) is 12.2. The van der Waals surface area contributed by atoms with E-state index in [-0.39, 0.29) is 29.6 Å². The second-order valence-corrected chi connectivity index (χ2v) is 6.17. The second kappa shape index (κ2) is 6.02. The molecule has 1 aromatic rings. The van der Waals surface area contributed by atoms with E-state index in [0.717, 1.165) is 49.8 Å². The molecule has 2 heterocycles. The van der Waals surface area contributed by atoms with Gasteiger partial charge in [0.15, 0.2) is 0 Å². The number of nitrogens with zero attached hydrogens (tertiary/aromatic N) is 1. The van der Waals surface area contributed by atoms with Crippen molar-refractivity contribution in [2.24, 2.45) is 5.92 Å². The fourth-order valence-corrected chi connectivity index (χ4v) is 3.40. The molecule has 1 aliphatic carbocycles. The van der Waals surface area contributed by atoms with Gasteiger partial charge < -0.3 is 15.0 Å². The van der Waals surface area contributed by atoms with E-state index in [2.05, 4.69) is 4.98 Å². The Hall–Kier alpha value is -1.62. The van der Waals surface area contributed by atoms with Crippen molar-refractivity contribution in [2.45, 2.75) is 38.5 Å². The van der Waals surface area contributed by atoms with Gasteiger partial charge in [0.25, 0.3) is 11.5 Å². The van der Waals surface area contributed by atoms with Crippen LogP contribution >= 0.6 is 0 Å². The van der Waals surface area contributed by atoms with E-state index in [1.165, 1.54) is 0 Å². The van der Waals surface area contributed by atoms with Crippen molar-refractivity contribution < 1.29 is 9.90 Å². The fraction of sp³-hybridized carbons (Fsp3) is 0.625. The summed E-state index contributed by atoms with van der Waals surface area (Å²) in [5.41, 5.74) is 2.09. The maximum absolute atomic E-state index is 12.6. The number of carbonyl (C=O) groups excluding carboxylic acids is 1. The number of piperidine rings is 1. The van der Waals surface area contributed by atoms with E-state index in [1.807, 2.05) is 0 Å². The summed E-state index contributed by atoms with van der Waals surface area (Å²) in [6, 6.07) is 1.79. The molecule has 3 rings (SSSR count). The Morgan fingerprint density at radius 1 is 1.33 bits per heavy atom. The smallest absolute Gasteiger partial charge is 0.261 e. The Labute approximate surface area is 124 Å². The SMILES string of the molecule is O=C(c1cc2c([nH]c1=O)CCCC2)N1CCCC(CO)C1. The number of pyridine rings is 1. The first-order valence-electron chi connectivity index (χ1n) is 7.84. The van der Waals surface area contributed by atoms with Crippen LogP contribution in [0, 0.1) is 5.92 Å². The lowest BCUT2D eigenvalue weighted by Gasteiger charge is -2.32. The van der Waals surface area contributed by atoms with Gasteiger partial charge >= 0.3 is 0 Å². The largest absolute Gasteiger partial charge is 0.396 e. The van der Waals surface area contributed by atoms with Crippen molar-refractivity contribution in [2.75, 3.05) is 19.7 Å². The van der Waals surface area contributed by atoms with Crippen molar-refractivity contribution in [3.05, 3.63) is 33.2 Å². The quantitative estimate of drug-likeness (QED) is 0.856. The summed E-state index contributed by atoms with van der Waals surface area (Å²) in [6.07, 6.45) is 5.88. The molecule has 1 saturated heterocycles. The Balaban J connectivity index is 1.85. The predicted molar refractivity (Wildman–Crippen MR) is 79.4 cm³/mol. The van der Waals surface area contributed by atoms with E-state index in [9.17, 15) is 14.7 Å². The number of aromatic nitrogens is 1. The van der Waals surface area contributed by atoms with Crippen LogP contribution < -0.4 is 5.56 Å². The normalized spacial score (nSPS) is 22.0. The molecule has 1 atom stereocenters. The first kappa shape index (κ1) is 14.3. The van der Waals surface area contributed by atoms with Crippen LogP contribution in [-0.2, 0) is 12.8 Å². The summed E-state index contributed by atoms with van der Waals surface area (Å²) in [6.45, 7) is 1.32. The first-order valence-corrected chi connectivity index (χ1v) is 7.84. The summed E-state index contributed by atoms with van der Waals surface area (Å²) in [5.74, 6) is -0.0535. The van der Waals surface area contributed by atoms with Gasteiger partial charge in [0.2, 0.25) is 0 Å². The molecule has 5 nitrogen and oxygen atoms in total. The minimum atomic E-state index is -0.272. The van der Waals surface area contributed by atoms with Crippen molar-refractivity contribution in [1.29, 1.82) is 0 Å². The standard InChI is InChI=1S/C16H22N2O3/c19-10-11-4-3-7-18(9-11)16(21)13-8-12-5-1-2-6-14(12)17-15(13)20/h8,11,19H,1-7,9-10H2,(H,17,20). The number of aliphatic hydroxyl groups is 1. The molecule has 1 unspecified atom stereocenters. The van der Waals surface area contributed by atoms with Crippen LogP contribution in [0.2, 0.25) is 0 Å². The van der Waals surface area contributed by atoms with Crippen molar-refractivity contribution in [3.63, 3.8) is 0 Å². The molecule has 1 fully saturated rings. The van der Waals surface area contributed by atoms with Crippen LogP contribution in [0.5, 0.6) is 0 Å². The van der Waals surface area contributed by atoms with Crippen LogP contribution in [0.4, 0.5) is 0 Å². The summed E-state index contributed by atoms with van der Waals surface area (Å²) in [7, 11) is 0. The molecule has 1 aromatic heterocycles. The van der Waals surface area contributed by atoms with E-state index in [1.54, 1.807) is 11.0 Å². The van der Waals surface area contributed by atoms with Crippen LogP contribution in [0.3, 0.4) is 0 Å². The van der Waals surface area contributed by atoms with Crippen LogP contribution in [0.25, 0.3) is 0 Å². The van der Waals surface area contributed by atoms with Crippen LogP contribution in [0.15, 0.2) is 10.9 Å². The van der Waals surface area contributed by atoms with Crippen LogP contribution in [0.1, 0.15) is 47.3 Å². The maximum atomic E-state index is 12.6. The van der Waals surface area contributed by atoms with Gasteiger partial charge in [0.1, 0.15) is 5.56 Å². The van der Waals surface area contributed by atoms with E-state index in [4.69, 9.17) is 0 Å². The third-order valence-electron chi connectivity index (χ3n) is 4.63. The molecule has 114 valence electrons. The van der Waals surface area contributed by atoms with Gasteiger partial charge in [-0.25, -0.2) is 0 Å². The number of amides is 1. The molecular formula is C16H22N2O3. The number of hydrogen-bond donors (Lipinski definition) is 2. The minimum absolute atomic E-state index is 0.102. The zero-order chi connectivity index (χ0) is 14.8. The zero-order valence-corrected chi connectivity index (χ0v) is 12.2. The number of carbonyl (C=O) groups is 1. The van der Waals surface area contributed by atoms with E-state index < -0.39 is 0 Å². The van der Waals surface area contributed by atoms with Crippen molar-refractivity contribution >= 4 is 5.91 Å². The van der Waals surface area contributed by atoms with Gasteiger partial charge in [-0.3, -0.25) is 9.59 Å². The Bertz CT molecular complexity index is 594. The number of aromatic amines is 1. The molecule has 1 aliphatic heterocycles. The Morgan fingerprint density at radius 3 is 2.95 bits per heavy atom. The summed E-state index contributed by atoms with van der Waals surface area (Å²) in [4.78, 5) is 29.4. The van der Waals surface area contributed by atoms with E-state index in [0.29, 0.717) is 13.1 Å². The topological polar surface area (TPSA) is 73.4 Å². The minimum Gasteiger partial charge on any atom is -0.396 e. The molecule has 0 bridgehead atoms. The maximum Gasteiger partial charge on any atom is 0.261 e. The van der Waals surface area contributed by atoms with Crippen LogP contribution in [-0.4, -0.2) is 40.6 Å². The number of H-pyrrole nitrogens is 1. The van der Waals surface area contributed by atoms with Gasteiger partial charge in [-0.05, 0) is 56.1 Å². The number of aryl methyl sites for hydroxylation is 2. The molecule has 0 radical (unpaired) electrons. The van der Waals surface area contributed by atoms with Crippen molar-refractivity contribution in [3.8, 4) is 0 Å². The monoisotopic (exact) mass is 290 g/mol. The number of fused-ring (bicyclic) bond motifs is 1. The molecule has 2 aliphatic rings. The highest BCUT2D eigenvalue weighted by Crippen LogP contribution is 2.21. The Kier molecular flexibility index (Phi) is 4.10. The van der Waals surface area contributed by atoms with Gasteiger partial charge in [-0.15, -0.1) is 0 Å². The Morgan fingerprint density at radius 2 is 2.14 bits per heavy atom. The highest BCUT2D eigenvalue weighted by molar-refractivity contribution is 5.94. The highest BCUT2D eigenvalue weighted by Gasteiger charge is 2.26. The lowest BCUT2D eigenvalue weighted by Crippen LogP contribution is -2.43. The second-order valence-electron chi connectivity index (χ2n) is 6.17. The van der Waals surface area contributed by atoms with Gasteiger partial charge in [-0.1, -0.05) is 0 Å². The molecule has 0 saturated carbocycles. The molecule has 0 aromatic carbocycles. The summed E-state index contributed by atoms with van der Waals surface area (Å²) >= 11 is 0. The molecular weight excluding hydrogens is 268 g/mol. The number of rotatable bonds is 2. The molecule has 1 amide bonds. The molecule has 21 heavy (non-hydrogen) atoms. The highest BCUT2D eigenvalue weighted by atomic mass is 16.3. The van der Waals surface area contributed by atoms with E-state index >= 15 is 0 Å². The molecule has 2 N–H and O–H groups in total. The van der Waals surface area contributed by atoms with Crippen molar-refractivity contribution in [1.82, 2.24) is 9.88 Å². The number of likely N-dealkylation sites (tertiary alicyclic amines) is 1. The lowest BCUT2D eigenvalue weighted by molar-refractivity contribution is 0.0619. The summed E-state index contributed by atoms with van der Waals surface area (Å²) in [5, 5.41) is 9.27. The number of aliphatic hydroxyl groups excluding tert-OH is 1. The predicted octanol–water partition coefficient (Wildman–Crippen LogP) is 1.10. The summed E-state index contributed by atoms with van der Waals surface area (Å²) < 4.78 is 0. The molecule has 0 spiro atoms. The average molecular weight is 290 g/mol. The third kappa shape index (κ3) is 2.88. The van der Waals surface area contributed by atoms with Gasteiger partial charge in [-0.2, -0.15) is 0 Å².